The molecule has 1 fully saturated rings. The van der Waals surface area contributed by atoms with Gasteiger partial charge in [-0.3, -0.25) is 4.79 Å². The van der Waals surface area contributed by atoms with Crippen molar-refractivity contribution in [3.05, 3.63) is 53.0 Å². The Labute approximate surface area is 186 Å². The summed E-state index contributed by atoms with van der Waals surface area (Å²) in [5.41, 5.74) is 2.91. The number of rotatable bonds is 7. The molecule has 0 saturated carbocycles. The molecule has 1 aliphatic heterocycles. The summed E-state index contributed by atoms with van der Waals surface area (Å²) in [6.45, 7) is 4.24. The van der Waals surface area contributed by atoms with Crippen LogP contribution in [-0.4, -0.2) is 46.5 Å². The second-order valence-corrected chi connectivity index (χ2v) is 8.97. The number of likely N-dealkylation sites (tertiary alicyclic amines) is 1. The van der Waals surface area contributed by atoms with Gasteiger partial charge in [0.2, 0.25) is 5.91 Å². The number of benzene rings is 1. The first-order valence-corrected chi connectivity index (χ1v) is 11.8. The highest BCUT2D eigenvalue weighted by Gasteiger charge is 2.13. The first-order valence-electron chi connectivity index (χ1n) is 10.5. The first kappa shape index (κ1) is 21.1. The minimum Gasteiger partial charge on any atom is -0.353 e. The molecule has 0 unspecified atom stereocenters. The zero-order valence-corrected chi connectivity index (χ0v) is 18.6. The van der Waals surface area contributed by atoms with Crippen LogP contribution in [0.3, 0.4) is 0 Å². The molecule has 30 heavy (non-hydrogen) atoms. The van der Waals surface area contributed by atoms with Crippen molar-refractivity contribution in [3.63, 3.8) is 0 Å². The van der Waals surface area contributed by atoms with Crippen LogP contribution in [0, 0.1) is 0 Å². The monoisotopic (exact) mass is 442 g/mol. The van der Waals surface area contributed by atoms with E-state index >= 15 is 0 Å². The van der Waals surface area contributed by atoms with Gasteiger partial charge in [-0.2, -0.15) is 0 Å². The molecule has 1 amide bonds. The number of thiazole rings is 1. The van der Waals surface area contributed by atoms with Crippen LogP contribution in [0.15, 0.2) is 48.0 Å². The Morgan fingerprint density at radius 1 is 1.10 bits per heavy atom. The van der Waals surface area contributed by atoms with E-state index in [0.29, 0.717) is 18.1 Å². The van der Waals surface area contributed by atoms with E-state index in [1.165, 1.54) is 25.7 Å². The number of aromatic nitrogens is 2. The number of amides is 1. The molecule has 1 saturated heterocycles. The molecule has 0 spiro atoms. The van der Waals surface area contributed by atoms with Crippen molar-refractivity contribution in [2.75, 3.05) is 26.2 Å². The van der Waals surface area contributed by atoms with E-state index in [0.717, 1.165) is 41.6 Å². The second-order valence-electron chi connectivity index (χ2n) is 7.67. The smallest absolute Gasteiger partial charge is 0.239 e. The van der Waals surface area contributed by atoms with Crippen molar-refractivity contribution in [3.8, 4) is 22.0 Å². The van der Waals surface area contributed by atoms with E-state index in [1.54, 1.807) is 11.3 Å². The van der Waals surface area contributed by atoms with E-state index in [1.807, 2.05) is 52.5 Å². The highest BCUT2D eigenvalue weighted by Crippen LogP contribution is 2.29. The number of carbonyl (C=O) groups is 1. The molecule has 0 atom stereocenters. The maximum absolute atomic E-state index is 12.5. The van der Waals surface area contributed by atoms with E-state index in [-0.39, 0.29) is 5.91 Å². The van der Waals surface area contributed by atoms with Crippen molar-refractivity contribution in [2.45, 2.75) is 32.2 Å². The maximum atomic E-state index is 12.5. The Morgan fingerprint density at radius 2 is 1.87 bits per heavy atom. The quantitative estimate of drug-likeness (QED) is 0.564. The summed E-state index contributed by atoms with van der Waals surface area (Å²) in [4.78, 5) is 19.7. The number of hydrogen-bond acceptors (Lipinski definition) is 4. The molecule has 3 heterocycles. The number of carbonyl (C=O) groups excluding carboxylic acids is 1. The Hall–Kier alpha value is -2.15. The molecular weight excluding hydrogens is 416 g/mol. The topological polar surface area (TPSA) is 50.2 Å². The van der Waals surface area contributed by atoms with Gasteiger partial charge in [-0.05, 0) is 50.2 Å². The molecule has 4 rings (SSSR count). The van der Waals surface area contributed by atoms with Crippen molar-refractivity contribution in [1.82, 2.24) is 19.8 Å². The molecule has 1 N–H and O–H groups in total. The van der Waals surface area contributed by atoms with Gasteiger partial charge in [-0.25, -0.2) is 4.98 Å². The molecule has 0 aliphatic carbocycles. The van der Waals surface area contributed by atoms with Crippen LogP contribution >= 0.6 is 22.9 Å². The standard InChI is InChI=1S/C23H27ClN4OS/c24-19-9-7-18(8-10-19)20-17-30-23(26-20)21-6-5-14-28(21)16-22(29)25-11-15-27-12-3-1-2-4-13-27/h5-10,14,17H,1-4,11-13,15-16H2,(H,25,29). The summed E-state index contributed by atoms with van der Waals surface area (Å²) in [5.74, 6) is 0.0387. The van der Waals surface area contributed by atoms with Crippen LogP contribution in [-0.2, 0) is 11.3 Å². The highest BCUT2D eigenvalue weighted by molar-refractivity contribution is 7.13. The van der Waals surface area contributed by atoms with Crippen LogP contribution in [0.1, 0.15) is 25.7 Å². The van der Waals surface area contributed by atoms with Gasteiger partial charge in [0.05, 0.1) is 11.4 Å². The lowest BCUT2D eigenvalue weighted by atomic mass is 10.2. The fraction of sp³-hybridized carbons (Fsp3) is 0.391. The van der Waals surface area contributed by atoms with Gasteiger partial charge in [0.25, 0.3) is 0 Å². The summed E-state index contributed by atoms with van der Waals surface area (Å²) in [6, 6.07) is 11.7. The van der Waals surface area contributed by atoms with Crippen molar-refractivity contribution >= 4 is 28.8 Å². The van der Waals surface area contributed by atoms with Gasteiger partial charge in [0.15, 0.2) is 0 Å². The van der Waals surface area contributed by atoms with Gasteiger partial charge in [-0.1, -0.05) is 36.6 Å². The zero-order chi connectivity index (χ0) is 20.8. The summed E-state index contributed by atoms with van der Waals surface area (Å²) in [6.07, 6.45) is 7.14. The van der Waals surface area contributed by atoms with E-state index < -0.39 is 0 Å². The van der Waals surface area contributed by atoms with Gasteiger partial charge >= 0.3 is 0 Å². The minimum absolute atomic E-state index is 0.0387. The molecule has 0 bridgehead atoms. The normalized spacial score (nSPS) is 15.1. The number of nitrogens with one attached hydrogen (secondary N) is 1. The summed E-state index contributed by atoms with van der Waals surface area (Å²) >= 11 is 7.56. The Morgan fingerprint density at radius 3 is 2.63 bits per heavy atom. The van der Waals surface area contributed by atoms with Crippen LogP contribution in [0.25, 0.3) is 22.0 Å². The summed E-state index contributed by atoms with van der Waals surface area (Å²) < 4.78 is 1.96. The van der Waals surface area contributed by atoms with Crippen molar-refractivity contribution in [1.29, 1.82) is 0 Å². The Kier molecular flexibility index (Phi) is 7.20. The SMILES string of the molecule is O=C(Cn1cccc1-c1nc(-c2ccc(Cl)cc2)cs1)NCCN1CCCCCC1. The van der Waals surface area contributed by atoms with Gasteiger partial charge in [0, 0.05) is 35.3 Å². The van der Waals surface area contributed by atoms with E-state index in [2.05, 4.69) is 10.2 Å². The van der Waals surface area contributed by atoms with Gasteiger partial charge in [-0.15, -0.1) is 11.3 Å². The fourth-order valence-electron chi connectivity index (χ4n) is 3.81. The summed E-state index contributed by atoms with van der Waals surface area (Å²) in [5, 5.41) is 6.73. The largest absolute Gasteiger partial charge is 0.353 e. The third-order valence-corrected chi connectivity index (χ3v) is 6.57. The lowest BCUT2D eigenvalue weighted by Gasteiger charge is -2.19. The molecule has 1 aromatic carbocycles. The number of halogens is 1. The molecule has 3 aromatic rings. The van der Waals surface area contributed by atoms with Crippen molar-refractivity contribution < 1.29 is 4.79 Å². The van der Waals surface area contributed by atoms with E-state index in [9.17, 15) is 4.79 Å². The number of hydrogen-bond donors (Lipinski definition) is 1. The zero-order valence-electron chi connectivity index (χ0n) is 17.0. The van der Waals surface area contributed by atoms with Crippen LogP contribution in [0.4, 0.5) is 0 Å². The lowest BCUT2D eigenvalue weighted by Crippen LogP contribution is -2.36. The Bertz CT molecular complexity index is 958. The molecule has 1 aliphatic rings. The average Bonchev–Trinajstić information content (AvgIpc) is 3.33. The average molecular weight is 443 g/mol. The number of nitrogens with zero attached hydrogens (tertiary/aromatic N) is 3. The maximum Gasteiger partial charge on any atom is 0.239 e. The van der Waals surface area contributed by atoms with Crippen LogP contribution in [0.2, 0.25) is 5.02 Å². The van der Waals surface area contributed by atoms with Gasteiger partial charge in [0.1, 0.15) is 11.6 Å². The minimum atomic E-state index is 0.0387. The fourth-order valence-corrected chi connectivity index (χ4v) is 4.81. The predicted octanol–water partition coefficient (Wildman–Crippen LogP) is 4.92. The lowest BCUT2D eigenvalue weighted by molar-refractivity contribution is -0.121. The second kappa shape index (κ2) is 10.2. The molecule has 2 aromatic heterocycles. The van der Waals surface area contributed by atoms with Gasteiger partial charge < -0.3 is 14.8 Å². The summed E-state index contributed by atoms with van der Waals surface area (Å²) in [7, 11) is 0. The van der Waals surface area contributed by atoms with E-state index in [4.69, 9.17) is 16.6 Å². The third kappa shape index (κ3) is 5.50. The molecule has 5 nitrogen and oxygen atoms in total. The molecular formula is C23H27ClN4OS. The molecule has 7 heteroatoms. The molecule has 0 radical (unpaired) electrons. The third-order valence-electron chi connectivity index (χ3n) is 5.46. The van der Waals surface area contributed by atoms with Crippen LogP contribution < -0.4 is 5.32 Å². The highest BCUT2D eigenvalue weighted by atomic mass is 35.5. The Balaban J connectivity index is 1.34. The predicted molar refractivity (Wildman–Crippen MR) is 124 cm³/mol. The van der Waals surface area contributed by atoms with Crippen molar-refractivity contribution in [2.24, 2.45) is 0 Å². The van der Waals surface area contributed by atoms with Crippen LogP contribution in [0.5, 0.6) is 0 Å². The molecule has 158 valence electrons. The first-order chi connectivity index (χ1) is 14.7.